The van der Waals surface area contributed by atoms with Gasteiger partial charge in [-0.25, -0.2) is 8.78 Å². The lowest BCUT2D eigenvalue weighted by atomic mass is 9.84. The van der Waals surface area contributed by atoms with Crippen LogP contribution in [-0.2, 0) is 57.5 Å². The van der Waals surface area contributed by atoms with E-state index >= 15 is 38.4 Å². The summed E-state index contributed by atoms with van der Waals surface area (Å²) in [6, 6.07) is -12.0. The minimum atomic E-state index is -2.89. The summed E-state index contributed by atoms with van der Waals surface area (Å²) < 4.78 is 29.2. The predicted molar refractivity (Wildman–Crippen MR) is 397 cm³/mol. The van der Waals surface area contributed by atoms with Crippen molar-refractivity contribution in [1.82, 2.24) is 65.4 Å². The quantitative estimate of drug-likeness (QED) is 0.102. The molecule has 0 bridgehead atoms. The SMILES string of the molecule is CCCCN1CC(=O)N(C)[C@@H](CC2CCCCC2)C(=O)N[C@@H](CC(C)C)C(=O)N(C)[C@@H](CC(C)C)C(=O)N[C@@H]([C@@H](C)O)C(=O)N(C)CC(=O)N(C)[C@@H](CC2CCCCC2)C(=O)N(C)[C@@H](CCN2CCC(F)(F)CC2)C(=O)N[C@@H](CC(C)C)C(=O)N(C)[C@@H](C(C)C)C(=O)N[C@H](C(=O)N2CCCCC2)CC1=O. The number of nitrogens with zero attached hydrogens (tertiary/aromatic N) is 9. The molecule has 12 amide bonds. The zero-order valence-corrected chi connectivity index (χ0v) is 66.5. The first-order valence-corrected chi connectivity index (χ1v) is 39.5. The highest BCUT2D eigenvalue weighted by Gasteiger charge is 2.45. The molecule has 0 aromatic carbocycles. The van der Waals surface area contributed by atoms with Gasteiger partial charge < -0.3 is 70.5 Å². The van der Waals surface area contributed by atoms with Crippen LogP contribution in [0.4, 0.5) is 8.78 Å². The Hall–Kier alpha value is -6.58. The van der Waals surface area contributed by atoms with E-state index in [-0.39, 0.29) is 94.3 Å². The molecule has 2 aliphatic carbocycles. The Morgan fingerprint density at radius 3 is 1.47 bits per heavy atom. The number of piperidine rings is 2. The molecule has 10 atom stereocenters. The first-order chi connectivity index (χ1) is 49.4. The average molecular weight is 1490 g/mol. The van der Waals surface area contributed by atoms with E-state index in [4.69, 9.17) is 0 Å². The Bertz CT molecular complexity index is 2890. The summed E-state index contributed by atoms with van der Waals surface area (Å²) in [6.45, 7) is 17.5. The van der Waals surface area contributed by atoms with Crippen molar-refractivity contribution >= 4 is 70.9 Å². The fraction of sp³-hybridized carbons (Fsp3) is 0.844. The molecule has 0 radical (unpaired) electrons. The van der Waals surface area contributed by atoms with Crippen molar-refractivity contribution in [2.45, 2.75) is 290 Å². The maximum atomic E-state index is 15.6. The molecule has 5 aliphatic rings. The first-order valence-electron chi connectivity index (χ1n) is 39.5. The van der Waals surface area contributed by atoms with Crippen LogP contribution in [0.15, 0.2) is 0 Å². The highest BCUT2D eigenvalue weighted by molar-refractivity contribution is 6.00. The second-order valence-electron chi connectivity index (χ2n) is 32.8. The summed E-state index contributed by atoms with van der Waals surface area (Å²) >= 11 is 0. The lowest BCUT2D eigenvalue weighted by Crippen LogP contribution is -2.62. The largest absolute Gasteiger partial charge is 0.391 e. The zero-order valence-electron chi connectivity index (χ0n) is 66.5. The van der Waals surface area contributed by atoms with Crippen molar-refractivity contribution in [3.8, 4) is 0 Å². The van der Waals surface area contributed by atoms with Crippen LogP contribution >= 0.6 is 0 Å². The molecule has 26 nitrogen and oxygen atoms in total. The Morgan fingerprint density at radius 1 is 0.495 bits per heavy atom. The maximum absolute atomic E-state index is 15.6. The molecule has 0 aromatic rings. The minimum absolute atomic E-state index is 0.00696. The molecule has 0 spiro atoms. The number of carbonyl (C=O) groups is 12. The Balaban J connectivity index is 1.69. The third kappa shape index (κ3) is 26.7. The van der Waals surface area contributed by atoms with Gasteiger partial charge in [0.1, 0.15) is 54.4 Å². The summed E-state index contributed by atoms with van der Waals surface area (Å²) in [7, 11) is 8.51. The van der Waals surface area contributed by atoms with Gasteiger partial charge >= 0.3 is 0 Å². The Kier molecular flexibility index (Phi) is 35.8. The molecule has 3 saturated heterocycles. The molecule has 2 saturated carbocycles. The zero-order chi connectivity index (χ0) is 78.3. The number of rotatable bonds is 19. The number of aliphatic hydroxyl groups excluding tert-OH is 1. The van der Waals surface area contributed by atoms with Crippen LogP contribution < -0.4 is 21.3 Å². The van der Waals surface area contributed by atoms with Crippen LogP contribution in [0, 0.1) is 35.5 Å². The van der Waals surface area contributed by atoms with Gasteiger partial charge in [0.2, 0.25) is 70.9 Å². The number of aliphatic hydroxyl groups is 1. The van der Waals surface area contributed by atoms with E-state index in [0.717, 1.165) is 75.5 Å². The van der Waals surface area contributed by atoms with Gasteiger partial charge in [0.05, 0.1) is 25.6 Å². The number of halogens is 2. The third-order valence-electron chi connectivity index (χ3n) is 22.3. The second kappa shape index (κ2) is 42.2. The van der Waals surface area contributed by atoms with Crippen LogP contribution in [0.2, 0.25) is 0 Å². The predicted octanol–water partition coefficient (Wildman–Crippen LogP) is 5.80. The number of amides is 12. The molecule has 0 aromatic heterocycles. The van der Waals surface area contributed by atoms with Crippen molar-refractivity contribution in [2.75, 3.05) is 94.6 Å². The van der Waals surface area contributed by atoms with Gasteiger partial charge in [-0.05, 0) is 107 Å². The molecule has 3 aliphatic heterocycles. The summed E-state index contributed by atoms with van der Waals surface area (Å²) in [4.78, 5) is 193. The molecule has 105 heavy (non-hydrogen) atoms. The fourth-order valence-electron chi connectivity index (χ4n) is 15.8. The van der Waals surface area contributed by atoms with Crippen LogP contribution in [0.25, 0.3) is 0 Å². The highest BCUT2D eigenvalue weighted by atomic mass is 19.3. The number of carbonyl (C=O) groups excluding carboxylic acids is 12. The standard InChI is InChI=1S/C77H133F2N13O13/c1-17-18-35-92-48-65(96)85(12)61(44-54-28-22-19-23-29-54)69(98)81-56(41-49(2)3)72(101)88(15)60(43-51(6)7)70(99)83-66(53(10)93)76(105)84(11)47-64(95)86(13)62(45-55-30-24-20-25-31-55)75(104)87(14)59(32-38-90-39-33-77(78,79)34-40-90)68(97)80-57(42-50(4)5)73(102)89(16)67(52(8)9)71(100)82-58(46-63(92)94)74(103)91-36-26-21-27-37-91/h49-62,66-67,93H,17-48H2,1-16H3,(H,80,97)(H,81,98)(H,82,100)(H,83,99)/t53-,56+,57+,58+,59+,60+,61+,62+,66+,67+/m1/s1. The fourth-order valence-corrected chi connectivity index (χ4v) is 15.8. The second-order valence-corrected chi connectivity index (χ2v) is 32.8. The van der Waals surface area contributed by atoms with E-state index in [2.05, 4.69) is 21.3 Å². The molecule has 3 heterocycles. The number of hydrogen-bond donors (Lipinski definition) is 5. The maximum Gasteiger partial charge on any atom is 0.250 e. The summed E-state index contributed by atoms with van der Waals surface area (Å²) in [5.41, 5.74) is 0. The molecule has 5 fully saturated rings. The third-order valence-corrected chi connectivity index (χ3v) is 22.3. The van der Waals surface area contributed by atoms with Gasteiger partial charge in [-0.2, -0.15) is 0 Å². The number of alkyl halides is 2. The first kappa shape index (κ1) is 89.0. The van der Waals surface area contributed by atoms with Gasteiger partial charge in [0.15, 0.2) is 0 Å². The van der Waals surface area contributed by atoms with Gasteiger partial charge in [0.25, 0.3) is 5.92 Å². The van der Waals surface area contributed by atoms with Crippen molar-refractivity contribution in [3.63, 3.8) is 0 Å². The molecule has 0 unspecified atom stereocenters. The van der Waals surface area contributed by atoms with Crippen LogP contribution in [0.1, 0.15) is 223 Å². The van der Waals surface area contributed by atoms with Gasteiger partial charge in [-0.1, -0.05) is 133 Å². The number of hydrogen-bond acceptors (Lipinski definition) is 14. The van der Waals surface area contributed by atoms with E-state index in [1.807, 2.05) is 48.5 Å². The van der Waals surface area contributed by atoms with E-state index in [1.165, 1.54) is 78.6 Å². The van der Waals surface area contributed by atoms with Gasteiger partial charge in [-0.15, -0.1) is 0 Å². The lowest BCUT2D eigenvalue weighted by molar-refractivity contribution is -0.151. The minimum Gasteiger partial charge on any atom is -0.391 e. The van der Waals surface area contributed by atoms with Crippen LogP contribution in [0.3, 0.4) is 0 Å². The monoisotopic (exact) mass is 1490 g/mol. The number of nitrogens with one attached hydrogen (secondary N) is 4. The summed E-state index contributed by atoms with van der Waals surface area (Å²) in [5, 5.41) is 22.9. The average Bonchev–Trinajstić information content (AvgIpc) is 0.825. The Labute approximate surface area is 625 Å². The van der Waals surface area contributed by atoms with E-state index in [1.54, 1.807) is 23.6 Å². The van der Waals surface area contributed by atoms with Crippen molar-refractivity contribution in [1.29, 1.82) is 0 Å². The molecular formula is C77H133F2N13O13. The van der Waals surface area contributed by atoms with Crippen molar-refractivity contribution in [3.05, 3.63) is 0 Å². The number of likely N-dealkylation sites (N-methyl/N-ethyl adjacent to an activating group) is 6. The summed E-state index contributed by atoms with van der Waals surface area (Å²) in [5.74, 6) is -12.4. The van der Waals surface area contributed by atoms with Crippen LogP contribution in [-0.4, -0.2) is 281 Å². The van der Waals surface area contributed by atoms with Crippen molar-refractivity contribution < 1.29 is 71.4 Å². The summed E-state index contributed by atoms with van der Waals surface area (Å²) in [6.07, 6.45) is 9.48. The van der Waals surface area contributed by atoms with E-state index in [0.29, 0.717) is 38.8 Å². The molecule has 28 heteroatoms. The molecule has 598 valence electrons. The number of likely N-dealkylation sites (tertiary alicyclic amines) is 2. The molecular weight excluding hydrogens is 1350 g/mol. The molecule has 5 rings (SSSR count). The topological polar surface area (TPSA) is 302 Å². The van der Waals surface area contributed by atoms with Crippen molar-refractivity contribution in [2.24, 2.45) is 35.5 Å². The van der Waals surface area contributed by atoms with Crippen LogP contribution in [0.5, 0.6) is 0 Å². The van der Waals surface area contributed by atoms with E-state index < -0.39 is 176 Å². The smallest absolute Gasteiger partial charge is 0.250 e. The highest BCUT2D eigenvalue weighted by Crippen LogP contribution is 2.33. The number of unbranched alkanes of at least 4 members (excludes halogenated alkanes) is 1. The lowest BCUT2D eigenvalue weighted by Gasteiger charge is -2.39. The normalized spacial score (nSPS) is 27.5. The van der Waals surface area contributed by atoms with Gasteiger partial charge in [0, 0.05) is 94.4 Å². The Morgan fingerprint density at radius 2 is 0.962 bits per heavy atom. The van der Waals surface area contributed by atoms with Gasteiger partial charge in [-0.3, -0.25) is 57.5 Å². The molecule has 5 N–H and O–H groups in total. The van der Waals surface area contributed by atoms with E-state index in [9.17, 15) is 33.1 Å².